The highest BCUT2D eigenvalue weighted by Crippen LogP contribution is 2.41. The van der Waals surface area contributed by atoms with Gasteiger partial charge in [0, 0.05) is 25.2 Å². The van der Waals surface area contributed by atoms with Gasteiger partial charge >= 0.3 is 0 Å². The predicted octanol–water partition coefficient (Wildman–Crippen LogP) is 2.65. The molecule has 18 heavy (non-hydrogen) atoms. The summed E-state index contributed by atoms with van der Waals surface area (Å²) in [5.41, 5.74) is 1.92. The first-order chi connectivity index (χ1) is 8.69. The fraction of sp³-hybridized carbons (Fsp3) is 0.625. The van der Waals surface area contributed by atoms with Crippen LogP contribution in [0.4, 0.5) is 0 Å². The standard InChI is InChI=1S/C16H24N2/c1-13-15-16(2,9-6-10-17-15)12-18(13)11-14-7-4-3-5-8-14/h3-5,7-8,13,15,17H,6,9-12H2,1-2H3. The van der Waals surface area contributed by atoms with Crippen LogP contribution in [-0.4, -0.2) is 30.1 Å². The number of hydrogen-bond donors (Lipinski definition) is 1. The summed E-state index contributed by atoms with van der Waals surface area (Å²) in [4.78, 5) is 2.65. The zero-order valence-corrected chi connectivity index (χ0v) is 11.5. The van der Waals surface area contributed by atoms with Gasteiger partial charge in [0.2, 0.25) is 0 Å². The summed E-state index contributed by atoms with van der Waals surface area (Å²) in [6.07, 6.45) is 2.71. The van der Waals surface area contributed by atoms with Crippen LogP contribution in [0.2, 0.25) is 0 Å². The number of nitrogens with zero attached hydrogens (tertiary/aromatic N) is 1. The Labute approximate surface area is 110 Å². The molecule has 2 heteroatoms. The topological polar surface area (TPSA) is 15.3 Å². The van der Waals surface area contributed by atoms with E-state index in [-0.39, 0.29) is 0 Å². The van der Waals surface area contributed by atoms with Gasteiger partial charge in [-0.15, -0.1) is 0 Å². The quantitative estimate of drug-likeness (QED) is 0.860. The van der Waals surface area contributed by atoms with Gasteiger partial charge in [0.05, 0.1) is 0 Å². The van der Waals surface area contributed by atoms with E-state index < -0.39 is 0 Å². The molecular weight excluding hydrogens is 220 g/mol. The third kappa shape index (κ3) is 2.08. The van der Waals surface area contributed by atoms with Crippen LogP contribution in [0.3, 0.4) is 0 Å². The molecule has 1 aromatic carbocycles. The molecule has 1 aromatic rings. The zero-order chi connectivity index (χ0) is 12.6. The highest BCUT2D eigenvalue weighted by Gasteiger charge is 2.48. The lowest BCUT2D eigenvalue weighted by Crippen LogP contribution is -2.50. The maximum Gasteiger partial charge on any atom is 0.0286 e. The summed E-state index contributed by atoms with van der Waals surface area (Å²) < 4.78 is 0. The number of benzene rings is 1. The first-order valence-electron chi connectivity index (χ1n) is 7.20. The number of piperidine rings is 1. The molecule has 0 saturated carbocycles. The van der Waals surface area contributed by atoms with E-state index in [0.29, 0.717) is 17.5 Å². The first-order valence-corrected chi connectivity index (χ1v) is 7.20. The summed E-state index contributed by atoms with van der Waals surface area (Å²) in [5, 5.41) is 3.75. The lowest BCUT2D eigenvalue weighted by Gasteiger charge is -2.37. The lowest BCUT2D eigenvalue weighted by molar-refractivity contribution is 0.198. The monoisotopic (exact) mass is 244 g/mol. The molecule has 2 fully saturated rings. The maximum atomic E-state index is 3.75. The van der Waals surface area contributed by atoms with Crippen molar-refractivity contribution in [3.63, 3.8) is 0 Å². The zero-order valence-electron chi connectivity index (χ0n) is 11.5. The van der Waals surface area contributed by atoms with E-state index >= 15 is 0 Å². The van der Waals surface area contributed by atoms with E-state index in [2.05, 4.69) is 54.4 Å². The summed E-state index contributed by atoms with van der Waals surface area (Å²) in [5.74, 6) is 0. The molecule has 98 valence electrons. The van der Waals surface area contributed by atoms with Crippen molar-refractivity contribution in [3.8, 4) is 0 Å². The number of fused-ring (bicyclic) bond motifs is 1. The fourth-order valence-electron chi connectivity index (χ4n) is 3.92. The highest BCUT2D eigenvalue weighted by molar-refractivity contribution is 5.16. The van der Waals surface area contributed by atoms with Crippen molar-refractivity contribution in [2.24, 2.45) is 5.41 Å². The molecule has 0 spiro atoms. The Morgan fingerprint density at radius 3 is 2.83 bits per heavy atom. The smallest absolute Gasteiger partial charge is 0.0286 e. The second-order valence-corrected chi connectivity index (χ2v) is 6.32. The molecule has 3 rings (SSSR count). The van der Waals surface area contributed by atoms with Crippen molar-refractivity contribution < 1.29 is 0 Å². The lowest BCUT2D eigenvalue weighted by atomic mass is 9.76. The molecule has 2 nitrogen and oxygen atoms in total. The summed E-state index contributed by atoms with van der Waals surface area (Å²) in [7, 11) is 0. The van der Waals surface area contributed by atoms with Crippen LogP contribution in [0, 0.1) is 5.41 Å². The third-order valence-electron chi connectivity index (χ3n) is 4.89. The maximum absolute atomic E-state index is 3.75. The van der Waals surface area contributed by atoms with Crippen molar-refractivity contribution in [2.45, 2.75) is 45.3 Å². The minimum atomic E-state index is 0.479. The molecule has 0 bridgehead atoms. The average Bonchev–Trinajstić information content (AvgIpc) is 2.63. The van der Waals surface area contributed by atoms with Gasteiger partial charge in [0.15, 0.2) is 0 Å². The molecule has 2 saturated heterocycles. The minimum Gasteiger partial charge on any atom is -0.312 e. The van der Waals surface area contributed by atoms with E-state index in [9.17, 15) is 0 Å². The molecule has 0 radical (unpaired) electrons. The predicted molar refractivity (Wildman–Crippen MR) is 75.4 cm³/mol. The number of nitrogens with one attached hydrogen (secondary N) is 1. The van der Waals surface area contributed by atoms with Crippen molar-refractivity contribution in [1.82, 2.24) is 10.2 Å². The van der Waals surface area contributed by atoms with Crippen LogP contribution in [0.15, 0.2) is 30.3 Å². The molecule has 0 aromatic heterocycles. The Hall–Kier alpha value is -0.860. The largest absolute Gasteiger partial charge is 0.312 e. The van der Waals surface area contributed by atoms with Crippen molar-refractivity contribution in [1.29, 1.82) is 0 Å². The van der Waals surface area contributed by atoms with Crippen molar-refractivity contribution in [3.05, 3.63) is 35.9 Å². The molecule has 3 unspecified atom stereocenters. The van der Waals surface area contributed by atoms with Crippen molar-refractivity contribution in [2.75, 3.05) is 13.1 Å². The number of likely N-dealkylation sites (tertiary alicyclic amines) is 1. The molecule has 1 N–H and O–H groups in total. The minimum absolute atomic E-state index is 0.479. The van der Waals surface area contributed by atoms with E-state index in [1.807, 2.05) is 0 Å². The first kappa shape index (κ1) is 12.2. The molecular formula is C16H24N2. The fourth-order valence-corrected chi connectivity index (χ4v) is 3.92. The number of rotatable bonds is 2. The summed E-state index contributed by atoms with van der Waals surface area (Å²) in [6.45, 7) is 8.38. The van der Waals surface area contributed by atoms with Crippen LogP contribution in [0.5, 0.6) is 0 Å². The molecule has 2 aliphatic heterocycles. The molecule has 2 aliphatic rings. The average molecular weight is 244 g/mol. The van der Waals surface area contributed by atoms with Gasteiger partial charge in [-0.05, 0) is 37.3 Å². The summed E-state index contributed by atoms with van der Waals surface area (Å²) in [6, 6.07) is 12.2. The van der Waals surface area contributed by atoms with Crippen LogP contribution < -0.4 is 5.32 Å². The van der Waals surface area contributed by atoms with Gasteiger partial charge in [0.1, 0.15) is 0 Å². The van der Waals surface area contributed by atoms with Gasteiger partial charge in [-0.2, -0.15) is 0 Å². The second kappa shape index (κ2) is 4.67. The molecule has 2 heterocycles. The number of hydrogen-bond acceptors (Lipinski definition) is 2. The molecule has 0 aliphatic carbocycles. The van der Waals surface area contributed by atoms with Crippen LogP contribution in [0.25, 0.3) is 0 Å². The van der Waals surface area contributed by atoms with E-state index in [1.165, 1.54) is 31.5 Å². The Kier molecular flexibility index (Phi) is 3.16. The van der Waals surface area contributed by atoms with Gasteiger partial charge < -0.3 is 5.32 Å². The van der Waals surface area contributed by atoms with E-state index in [1.54, 1.807) is 0 Å². The normalized spacial score (nSPS) is 36.6. The Balaban J connectivity index is 1.75. The van der Waals surface area contributed by atoms with Crippen molar-refractivity contribution >= 4 is 0 Å². The summed E-state index contributed by atoms with van der Waals surface area (Å²) >= 11 is 0. The van der Waals surface area contributed by atoms with E-state index in [4.69, 9.17) is 0 Å². The Morgan fingerprint density at radius 2 is 2.11 bits per heavy atom. The van der Waals surface area contributed by atoms with Gasteiger partial charge in [-0.3, -0.25) is 4.90 Å². The Morgan fingerprint density at radius 1 is 1.33 bits per heavy atom. The van der Waals surface area contributed by atoms with Gasteiger partial charge in [-0.25, -0.2) is 0 Å². The van der Waals surface area contributed by atoms with E-state index in [0.717, 1.165) is 6.54 Å². The highest BCUT2D eigenvalue weighted by atomic mass is 15.2. The molecule has 3 atom stereocenters. The Bertz CT molecular complexity index is 403. The van der Waals surface area contributed by atoms with Crippen LogP contribution in [0.1, 0.15) is 32.3 Å². The van der Waals surface area contributed by atoms with Crippen LogP contribution >= 0.6 is 0 Å². The third-order valence-corrected chi connectivity index (χ3v) is 4.89. The molecule has 0 amide bonds. The SMILES string of the molecule is CC1C2NCCCC2(C)CN1Cc1ccccc1. The van der Waals surface area contributed by atoms with Gasteiger partial charge in [0.25, 0.3) is 0 Å². The second-order valence-electron chi connectivity index (χ2n) is 6.32. The van der Waals surface area contributed by atoms with Crippen LogP contribution in [-0.2, 0) is 6.54 Å². The van der Waals surface area contributed by atoms with Gasteiger partial charge in [-0.1, -0.05) is 37.3 Å².